The molecule has 0 aromatic heterocycles. The fraction of sp³-hybridized carbons (Fsp3) is 0.900. The van der Waals surface area contributed by atoms with E-state index in [-0.39, 0.29) is 12.3 Å². The molecule has 2 rings (SSSR count). The van der Waals surface area contributed by atoms with Crippen LogP contribution in [0.1, 0.15) is 12.8 Å². The Labute approximate surface area is 101 Å². The van der Waals surface area contributed by atoms with Crippen molar-refractivity contribution in [2.24, 2.45) is 5.92 Å². The van der Waals surface area contributed by atoms with E-state index >= 15 is 0 Å². The van der Waals surface area contributed by atoms with Gasteiger partial charge in [-0.1, -0.05) is 0 Å². The molecule has 0 radical (unpaired) electrons. The summed E-state index contributed by atoms with van der Waals surface area (Å²) in [7, 11) is -3.11. The van der Waals surface area contributed by atoms with Gasteiger partial charge in [0.15, 0.2) is 0 Å². The third-order valence-corrected chi connectivity index (χ3v) is 5.27. The molecule has 0 spiro atoms. The first kappa shape index (κ1) is 12.8. The molecule has 98 valence electrons. The van der Waals surface area contributed by atoms with Crippen LogP contribution in [0.5, 0.6) is 0 Å². The SMILES string of the molecule is O=C(O)CN1CCN(S(=O)(=O)CC2CC2)CC1. The van der Waals surface area contributed by atoms with E-state index in [0.29, 0.717) is 32.1 Å². The number of hydrogen-bond acceptors (Lipinski definition) is 4. The molecule has 1 N–H and O–H groups in total. The van der Waals surface area contributed by atoms with Crippen molar-refractivity contribution < 1.29 is 18.3 Å². The molecule has 17 heavy (non-hydrogen) atoms. The second-order valence-electron chi connectivity index (χ2n) is 4.79. The standard InChI is InChI=1S/C10H18N2O4S/c13-10(14)7-11-3-5-12(6-4-11)17(15,16)8-9-1-2-9/h9H,1-8H2,(H,13,14). The molecule has 0 bridgehead atoms. The largest absolute Gasteiger partial charge is 0.480 e. The summed E-state index contributed by atoms with van der Waals surface area (Å²) in [6.07, 6.45) is 2.05. The quantitative estimate of drug-likeness (QED) is 0.718. The van der Waals surface area contributed by atoms with Crippen molar-refractivity contribution in [1.82, 2.24) is 9.21 Å². The van der Waals surface area contributed by atoms with Crippen molar-refractivity contribution in [2.75, 3.05) is 38.5 Å². The number of hydrogen-bond donors (Lipinski definition) is 1. The second kappa shape index (κ2) is 4.91. The molecule has 0 atom stereocenters. The highest BCUT2D eigenvalue weighted by Gasteiger charge is 2.33. The predicted molar refractivity (Wildman–Crippen MR) is 62.2 cm³/mol. The van der Waals surface area contributed by atoms with E-state index in [1.54, 1.807) is 4.90 Å². The monoisotopic (exact) mass is 262 g/mol. The Bertz CT molecular complexity index is 383. The number of rotatable bonds is 5. The van der Waals surface area contributed by atoms with Crippen LogP contribution in [0, 0.1) is 5.92 Å². The molecule has 0 unspecified atom stereocenters. The Morgan fingerprint density at radius 3 is 2.24 bits per heavy atom. The molecule has 2 fully saturated rings. The van der Waals surface area contributed by atoms with Gasteiger partial charge in [-0.15, -0.1) is 0 Å². The van der Waals surface area contributed by atoms with Gasteiger partial charge in [0.05, 0.1) is 12.3 Å². The summed E-state index contributed by atoms with van der Waals surface area (Å²) in [5.74, 6) is -0.234. The zero-order valence-electron chi connectivity index (χ0n) is 9.71. The summed E-state index contributed by atoms with van der Waals surface area (Å²) in [5.41, 5.74) is 0. The maximum absolute atomic E-state index is 12.0. The molecule has 7 heteroatoms. The zero-order valence-corrected chi connectivity index (χ0v) is 10.5. The van der Waals surface area contributed by atoms with E-state index in [4.69, 9.17) is 5.11 Å². The van der Waals surface area contributed by atoms with Gasteiger partial charge in [0, 0.05) is 26.2 Å². The highest BCUT2D eigenvalue weighted by atomic mass is 32.2. The molecule has 0 aromatic carbocycles. The molecular weight excluding hydrogens is 244 g/mol. The van der Waals surface area contributed by atoms with Gasteiger partial charge in [-0.25, -0.2) is 8.42 Å². The molecule has 0 aromatic rings. The van der Waals surface area contributed by atoms with Crippen LogP contribution in [0.4, 0.5) is 0 Å². The summed E-state index contributed by atoms with van der Waals surface area (Å²) < 4.78 is 25.4. The fourth-order valence-electron chi connectivity index (χ4n) is 2.04. The van der Waals surface area contributed by atoms with Crippen LogP contribution in [0.25, 0.3) is 0 Å². The van der Waals surface area contributed by atoms with E-state index in [1.165, 1.54) is 4.31 Å². The lowest BCUT2D eigenvalue weighted by atomic mass is 10.3. The highest BCUT2D eigenvalue weighted by Crippen LogP contribution is 2.31. The second-order valence-corrected chi connectivity index (χ2v) is 6.80. The van der Waals surface area contributed by atoms with Gasteiger partial charge >= 0.3 is 5.97 Å². The average molecular weight is 262 g/mol. The third-order valence-electron chi connectivity index (χ3n) is 3.23. The first-order chi connectivity index (χ1) is 7.97. The Morgan fingerprint density at radius 2 is 1.76 bits per heavy atom. The van der Waals surface area contributed by atoms with Crippen molar-refractivity contribution >= 4 is 16.0 Å². The summed E-state index contributed by atoms with van der Waals surface area (Å²) in [4.78, 5) is 12.3. The smallest absolute Gasteiger partial charge is 0.317 e. The molecule has 1 heterocycles. The minimum absolute atomic E-state index is 0.00346. The molecule has 2 aliphatic rings. The van der Waals surface area contributed by atoms with E-state index in [1.807, 2.05) is 0 Å². The van der Waals surface area contributed by atoms with Gasteiger partial charge in [0.2, 0.25) is 10.0 Å². The molecular formula is C10H18N2O4S. The highest BCUT2D eigenvalue weighted by molar-refractivity contribution is 7.89. The van der Waals surface area contributed by atoms with Crippen LogP contribution >= 0.6 is 0 Å². The Hall–Kier alpha value is -0.660. The molecule has 1 saturated heterocycles. The van der Waals surface area contributed by atoms with Crippen molar-refractivity contribution in [2.45, 2.75) is 12.8 Å². The van der Waals surface area contributed by atoms with Gasteiger partial charge in [0.25, 0.3) is 0 Å². The van der Waals surface area contributed by atoms with Gasteiger partial charge in [-0.2, -0.15) is 4.31 Å². The molecule has 1 aliphatic heterocycles. The van der Waals surface area contributed by atoms with E-state index in [0.717, 1.165) is 12.8 Å². The normalized spacial score (nSPS) is 23.8. The zero-order chi connectivity index (χ0) is 12.5. The van der Waals surface area contributed by atoms with E-state index < -0.39 is 16.0 Å². The maximum Gasteiger partial charge on any atom is 0.317 e. The lowest BCUT2D eigenvalue weighted by Gasteiger charge is -2.33. The summed E-state index contributed by atoms with van der Waals surface area (Å²) in [5, 5.41) is 8.65. The van der Waals surface area contributed by atoms with Gasteiger partial charge in [-0.3, -0.25) is 9.69 Å². The fourth-order valence-corrected chi connectivity index (χ4v) is 3.90. The van der Waals surface area contributed by atoms with Crippen molar-refractivity contribution in [3.63, 3.8) is 0 Å². The molecule has 1 saturated carbocycles. The van der Waals surface area contributed by atoms with Crippen LogP contribution in [0.15, 0.2) is 0 Å². The van der Waals surface area contributed by atoms with Crippen molar-refractivity contribution in [1.29, 1.82) is 0 Å². The minimum Gasteiger partial charge on any atom is -0.480 e. The van der Waals surface area contributed by atoms with Gasteiger partial charge in [-0.05, 0) is 18.8 Å². The minimum atomic E-state index is -3.11. The number of carboxylic acid groups (broad SMARTS) is 1. The third kappa shape index (κ3) is 3.65. The van der Waals surface area contributed by atoms with E-state index in [2.05, 4.69) is 0 Å². The Morgan fingerprint density at radius 1 is 1.18 bits per heavy atom. The van der Waals surface area contributed by atoms with Gasteiger partial charge < -0.3 is 5.11 Å². The molecule has 0 amide bonds. The Balaban J connectivity index is 1.83. The van der Waals surface area contributed by atoms with Gasteiger partial charge in [0.1, 0.15) is 0 Å². The Kier molecular flexibility index (Phi) is 3.70. The topological polar surface area (TPSA) is 77.9 Å². The van der Waals surface area contributed by atoms with E-state index in [9.17, 15) is 13.2 Å². The number of carbonyl (C=O) groups is 1. The first-order valence-electron chi connectivity index (χ1n) is 5.89. The first-order valence-corrected chi connectivity index (χ1v) is 7.50. The maximum atomic E-state index is 12.0. The van der Waals surface area contributed by atoms with Crippen LogP contribution in [0.2, 0.25) is 0 Å². The van der Waals surface area contributed by atoms with Crippen LogP contribution in [0.3, 0.4) is 0 Å². The van der Waals surface area contributed by atoms with Crippen LogP contribution in [-0.2, 0) is 14.8 Å². The molecule has 1 aliphatic carbocycles. The summed E-state index contributed by atoms with van der Waals surface area (Å²) >= 11 is 0. The number of sulfonamides is 1. The number of carboxylic acids is 1. The predicted octanol–water partition coefficient (Wildman–Crippen LogP) is -0.572. The lowest BCUT2D eigenvalue weighted by molar-refractivity contribution is -0.138. The molecule has 6 nitrogen and oxygen atoms in total. The van der Waals surface area contributed by atoms with Crippen LogP contribution < -0.4 is 0 Å². The van der Waals surface area contributed by atoms with Crippen LogP contribution in [-0.4, -0.2) is 67.2 Å². The number of aliphatic carboxylic acids is 1. The number of nitrogens with zero attached hydrogens (tertiary/aromatic N) is 2. The van der Waals surface area contributed by atoms with Crippen molar-refractivity contribution in [3.05, 3.63) is 0 Å². The summed E-state index contributed by atoms with van der Waals surface area (Å²) in [6, 6.07) is 0. The van der Waals surface area contributed by atoms with Crippen molar-refractivity contribution in [3.8, 4) is 0 Å². The lowest BCUT2D eigenvalue weighted by Crippen LogP contribution is -2.50. The average Bonchev–Trinajstić information content (AvgIpc) is 3.01. The summed E-state index contributed by atoms with van der Waals surface area (Å²) in [6.45, 7) is 1.85. The number of piperazine rings is 1.